The number of carbonyl (C=O) groups excluding carboxylic acids is 3. The second kappa shape index (κ2) is 11.6. The monoisotopic (exact) mass is 355 g/mol. The third-order valence-electron chi connectivity index (χ3n) is 3.88. The third-order valence-corrected chi connectivity index (χ3v) is 3.88. The van der Waals surface area contributed by atoms with Crippen molar-refractivity contribution in [3.63, 3.8) is 0 Å². The largest absolute Gasteiger partial charge is 0.356 e. The lowest BCUT2D eigenvalue weighted by molar-refractivity contribution is -0.165. The van der Waals surface area contributed by atoms with Gasteiger partial charge in [-0.1, -0.05) is 26.8 Å². The Morgan fingerprint density at radius 2 is 1.80 bits per heavy atom. The second-order valence-corrected chi connectivity index (χ2v) is 7.01. The van der Waals surface area contributed by atoms with Gasteiger partial charge in [-0.2, -0.15) is 0 Å². The summed E-state index contributed by atoms with van der Waals surface area (Å²) in [5, 5.41) is 13.0. The molecule has 0 aromatic carbocycles. The van der Waals surface area contributed by atoms with Crippen LogP contribution in [0.2, 0.25) is 0 Å². The molecule has 2 atom stereocenters. The highest BCUT2D eigenvalue weighted by Gasteiger charge is 2.25. The van der Waals surface area contributed by atoms with Crippen molar-refractivity contribution in [1.29, 1.82) is 0 Å². The molecule has 0 spiro atoms. The fourth-order valence-corrected chi connectivity index (χ4v) is 2.51. The maximum absolute atomic E-state index is 12.4. The maximum atomic E-state index is 12.4. The Bertz CT molecular complexity index is 463. The summed E-state index contributed by atoms with van der Waals surface area (Å²) < 4.78 is 0. The molecule has 0 saturated heterocycles. The molecule has 0 aromatic rings. The van der Waals surface area contributed by atoms with E-state index in [2.05, 4.69) is 11.9 Å². The zero-order valence-electron chi connectivity index (χ0n) is 16.1. The molecule has 7 nitrogen and oxygen atoms in total. The number of hydrogen-bond acceptors (Lipinski definition) is 4. The van der Waals surface area contributed by atoms with E-state index in [1.54, 1.807) is 14.1 Å². The number of carbonyl (C=O) groups is 3. The molecule has 7 heteroatoms. The van der Waals surface area contributed by atoms with Crippen LogP contribution in [-0.2, 0) is 14.4 Å². The van der Waals surface area contributed by atoms with Gasteiger partial charge >= 0.3 is 0 Å². The van der Waals surface area contributed by atoms with E-state index in [4.69, 9.17) is 0 Å². The molecule has 0 radical (unpaired) electrons. The Morgan fingerprint density at radius 1 is 1.20 bits per heavy atom. The van der Waals surface area contributed by atoms with E-state index < -0.39 is 11.8 Å². The molecular formula is C18H33N3O4. The highest BCUT2D eigenvalue weighted by molar-refractivity contribution is 5.85. The van der Waals surface area contributed by atoms with E-state index in [9.17, 15) is 19.6 Å². The number of hydrogen-bond donors (Lipinski definition) is 2. The minimum atomic E-state index is -0.508. The van der Waals surface area contributed by atoms with Gasteiger partial charge in [0.25, 0.3) is 0 Å². The second-order valence-electron chi connectivity index (χ2n) is 7.01. The quantitative estimate of drug-likeness (QED) is 0.335. The number of hydroxylamine groups is 2. The number of nitrogens with one attached hydrogen (secondary N) is 1. The average molecular weight is 355 g/mol. The molecule has 0 aliphatic carbocycles. The van der Waals surface area contributed by atoms with Gasteiger partial charge in [0.2, 0.25) is 17.7 Å². The van der Waals surface area contributed by atoms with Crippen LogP contribution in [0.3, 0.4) is 0 Å². The molecule has 0 heterocycles. The molecule has 0 fully saturated rings. The van der Waals surface area contributed by atoms with E-state index in [0.29, 0.717) is 24.4 Å². The molecule has 25 heavy (non-hydrogen) atoms. The number of rotatable bonds is 11. The minimum absolute atomic E-state index is 0.0171. The van der Waals surface area contributed by atoms with Crippen molar-refractivity contribution >= 4 is 17.7 Å². The first-order valence-corrected chi connectivity index (χ1v) is 8.69. The summed E-state index contributed by atoms with van der Waals surface area (Å²) in [5.74, 6) is -1.16. The van der Waals surface area contributed by atoms with Crippen LogP contribution in [0.15, 0.2) is 12.7 Å². The molecule has 0 bridgehead atoms. The van der Waals surface area contributed by atoms with Gasteiger partial charge in [-0.25, -0.2) is 5.06 Å². The van der Waals surface area contributed by atoms with Crippen molar-refractivity contribution in [2.45, 2.75) is 40.0 Å². The highest BCUT2D eigenvalue weighted by atomic mass is 16.5. The maximum Gasteiger partial charge on any atom is 0.247 e. The van der Waals surface area contributed by atoms with Crippen molar-refractivity contribution in [1.82, 2.24) is 15.3 Å². The average Bonchev–Trinajstić information content (AvgIpc) is 2.52. The third kappa shape index (κ3) is 9.24. The fraction of sp³-hybridized carbons (Fsp3) is 0.722. The summed E-state index contributed by atoms with van der Waals surface area (Å²) in [5.41, 5.74) is 0. The Morgan fingerprint density at radius 3 is 2.28 bits per heavy atom. The van der Waals surface area contributed by atoms with E-state index >= 15 is 0 Å². The topological polar surface area (TPSA) is 90.0 Å². The molecule has 0 aliphatic heterocycles. The van der Waals surface area contributed by atoms with Gasteiger partial charge in [-0.15, -0.1) is 6.58 Å². The van der Waals surface area contributed by atoms with Gasteiger partial charge in [0.05, 0.1) is 6.54 Å². The van der Waals surface area contributed by atoms with E-state index in [1.807, 2.05) is 20.8 Å². The molecule has 1 unspecified atom stereocenters. The highest BCUT2D eigenvalue weighted by Crippen LogP contribution is 2.17. The first-order chi connectivity index (χ1) is 11.6. The summed E-state index contributed by atoms with van der Waals surface area (Å²) in [7, 11) is 3.40. The van der Waals surface area contributed by atoms with Gasteiger partial charge in [0.1, 0.15) is 0 Å². The molecule has 0 aliphatic rings. The summed E-state index contributed by atoms with van der Waals surface area (Å²) in [6.07, 6.45) is 2.44. The lowest BCUT2D eigenvalue weighted by Crippen LogP contribution is -2.38. The number of nitrogens with zero attached hydrogens (tertiary/aromatic N) is 2. The van der Waals surface area contributed by atoms with Crippen molar-refractivity contribution in [3.8, 4) is 0 Å². The molecule has 0 rings (SSSR count). The van der Waals surface area contributed by atoms with Crippen molar-refractivity contribution < 1.29 is 19.6 Å². The molecule has 0 saturated carbocycles. The normalized spacial score (nSPS) is 13.1. The molecular weight excluding hydrogens is 322 g/mol. The van der Waals surface area contributed by atoms with Crippen molar-refractivity contribution in [3.05, 3.63) is 12.7 Å². The lowest BCUT2D eigenvalue weighted by atomic mass is 9.92. The Balaban J connectivity index is 4.61. The van der Waals surface area contributed by atoms with Crippen molar-refractivity contribution in [2.24, 2.45) is 17.8 Å². The van der Waals surface area contributed by atoms with Crippen LogP contribution < -0.4 is 5.32 Å². The van der Waals surface area contributed by atoms with E-state index in [0.717, 1.165) is 0 Å². The van der Waals surface area contributed by atoms with Crippen LogP contribution in [0.1, 0.15) is 40.0 Å². The predicted octanol–water partition coefficient (Wildman–Crippen LogP) is 1.67. The summed E-state index contributed by atoms with van der Waals surface area (Å²) in [6, 6.07) is 0. The van der Waals surface area contributed by atoms with E-state index in [-0.39, 0.29) is 36.6 Å². The molecule has 2 N–H and O–H groups in total. The molecule has 144 valence electrons. The Kier molecular flexibility index (Phi) is 10.7. The van der Waals surface area contributed by atoms with Crippen LogP contribution in [0.4, 0.5) is 0 Å². The molecule has 0 aromatic heterocycles. The van der Waals surface area contributed by atoms with Crippen molar-refractivity contribution in [2.75, 3.05) is 27.2 Å². The summed E-state index contributed by atoms with van der Waals surface area (Å²) in [6.45, 7) is 9.64. The lowest BCUT2D eigenvalue weighted by Gasteiger charge is -2.21. The zero-order chi connectivity index (χ0) is 19.6. The number of amides is 3. The van der Waals surface area contributed by atoms with Crippen LogP contribution in [-0.4, -0.2) is 60.1 Å². The first-order valence-electron chi connectivity index (χ1n) is 8.69. The van der Waals surface area contributed by atoms with Gasteiger partial charge < -0.3 is 10.2 Å². The van der Waals surface area contributed by atoms with Gasteiger partial charge in [-0.05, 0) is 18.8 Å². The van der Waals surface area contributed by atoms with Gasteiger partial charge in [0.15, 0.2) is 0 Å². The Hall–Kier alpha value is -1.89. The Labute approximate surface area is 151 Å². The smallest absolute Gasteiger partial charge is 0.247 e. The van der Waals surface area contributed by atoms with Crippen LogP contribution in [0, 0.1) is 17.8 Å². The first kappa shape index (κ1) is 23.1. The summed E-state index contributed by atoms with van der Waals surface area (Å²) in [4.78, 5) is 37.7. The molecule has 3 amide bonds. The van der Waals surface area contributed by atoms with Crippen LogP contribution >= 0.6 is 0 Å². The zero-order valence-corrected chi connectivity index (χ0v) is 16.1. The standard InChI is InChI=1S/C18H33N3O4/c1-7-10-21(25)16(22)12-15(11-13(2)3)17(23)19-9-8-14(4)18(24)20(5)6/h7,13-15,25H,1,8-12H2,2-6H3,(H,19,23)/t14?,15-/m1/s1. The predicted molar refractivity (Wildman–Crippen MR) is 96.7 cm³/mol. The van der Waals surface area contributed by atoms with Crippen LogP contribution in [0.25, 0.3) is 0 Å². The summed E-state index contributed by atoms with van der Waals surface area (Å²) >= 11 is 0. The van der Waals surface area contributed by atoms with E-state index in [1.165, 1.54) is 11.0 Å². The minimum Gasteiger partial charge on any atom is -0.356 e. The SMILES string of the molecule is C=CCN(O)C(=O)C[C@@H](CC(C)C)C(=O)NCCC(C)C(=O)N(C)C. The fourth-order valence-electron chi connectivity index (χ4n) is 2.51. The van der Waals surface area contributed by atoms with Gasteiger partial charge in [-0.3, -0.25) is 19.6 Å². The van der Waals surface area contributed by atoms with Gasteiger partial charge in [0, 0.05) is 38.9 Å². The van der Waals surface area contributed by atoms with Crippen LogP contribution in [0.5, 0.6) is 0 Å².